The molecule has 0 aliphatic carbocycles. The van der Waals surface area contributed by atoms with Gasteiger partial charge in [0.15, 0.2) is 0 Å². The van der Waals surface area contributed by atoms with Crippen LogP contribution >= 0.6 is 10.7 Å². The predicted octanol–water partition coefficient (Wildman–Crippen LogP) is 1.94. The van der Waals surface area contributed by atoms with Crippen molar-refractivity contribution in [2.24, 2.45) is 0 Å². The van der Waals surface area contributed by atoms with E-state index >= 15 is 0 Å². The summed E-state index contributed by atoms with van der Waals surface area (Å²) in [5.74, 6) is 0.159. The van der Waals surface area contributed by atoms with Crippen molar-refractivity contribution < 1.29 is 13.2 Å². The Hall–Kier alpha value is -1.25. The Morgan fingerprint density at radius 3 is 2.56 bits per heavy atom. The summed E-state index contributed by atoms with van der Waals surface area (Å²) in [5.41, 5.74) is 1.49. The van der Waals surface area contributed by atoms with Crippen LogP contribution < -0.4 is 4.74 Å². The molecular weight excluding hydrogens is 250 g/mol. The van der Waals surface area contributed by atoms with Gasteiger partial charge in [-0.15, -0.1) is 0 Å². The second-order valence-corrected chi connectivity index (χ2v) is 6.07. The Kier molecular flexibility index (Phi) is 3.79. The molecule has 0 spiro atoms. The van der Waals surface area contributed by atoms with E-state index in [-0.39, 0.29) is 5.75 Å². The van der Waals surface area contributed by atoms with Crippen molar-refractivity contribution >= 4 is 19.7 Å². The van der Waals surface area contributed by atoms with Crippen LogP contribution in [0.3, 0.4) is 0 Å². The summed E-state index contributed by atoms with van der Waals surface area (Å²) >= 11 is 0. The molecule has 0 saturated carbocycles. The molecule has 0 saturated heterocycles. The van der Waals surface area contributed by atoms with E-state index in [1.54, 1.807) is 13.0 Å². The van der Waals surface area contributed by atoms with Crippen LogP contribution in [0.5, 0.6) is 5.75 Å². The molecule has 0 aliphatic rings. The van der Waals surface area contributed by atoms with Crippen molar-refractivity contribution in [3.63, 3.8) is 0 Å². The number of methoxy groups -OCH3 is 1. The van der Waals surface area contributed by atoms with Gasteiger partial charge in [0.05, 0.1) is 18.4 Å². The molecule has 0 N–H and O–H groups in total. The van der Waals surface area contributed by atoms with E-state index in [9.17, 15) is 8.42 Å². The summed E-state index contributed by atoms with van der Waals surface area (Å²) < 4.78 is 26.9. The van der Waals surface area contributed by atoms with E-state index < -0.39 is 9.05 Å². The molecule has 16 heavy (non-hydrogen) atoms. The summed E-state index contributed by atoms with van der Waals surface area (Å²) in [6.45, 7) is 1.74. The monoisotopic (exact) mass is 259 g/mol. The molecule has 0 radical (unpaired) electrons. The molecule has 1 aromatic carbocycles. The van der Waals surface area contributed by atoms with Crippen molar-refractivity contribution in [2.75, 3.05) is 7.11 Å². The highest BCUT2D eigenvalue weighted by atomic mass is 35.7. The molecule has 1 rings (SSSR count). The molecule has 0 amide bonds. The summed E-state index contributed by atoms with van der Waals surface area (Å²) in [5, 5.41) is 8.88. The summed E-state index contributed by atoms with van der Waals surface area (Å²) in [6.07, 6.45) is 0. The maximum Gasteiger partial charge on any atom is 0.236 e. The van der Waals surface area contributed by atoms with Crippen LogP contribution in [0.25, 0.3) is 0 Å². The van der Waals surface area contributed by atoms with Crippen LogP contribution in [0.15, 0.2) is 12.1 Å². The summed E-state index contributed by atoms with van der Waals surface area (Å²) in [7, 11) is 2.99. The van der Waals surface area contributed by atoms with Crippen molar-refractivity contribution in [1.82, 2.24) is 0 Å². The van der Waals surface area contributed by atoms with Crippen LogP contribution in [0, 0.1) is 18.3 Å². The average Bonchev–Trinajstić information content (AvgIpc) is 2.14. The van der Waals surface area contributed by atoms with E-state index in [2.05, 4.69) is 0 Å². The number of halogens is 1. The molecule has 4 nitrogen and oxygen atoms in total. The van der Waals surface area contributed by atoms with E-state index in [0.717, 1.165) is 0 Å². The quantitative estimate of drug-likeness (QED) is 0.778. The van der Waals surface area contributed by atoms with Gasteiger partial charge >= 0.3 is 0 Å². The van der Waals surface area contributed by atoms with Gasteiger partial charge in [0, 0.05) is 10.7 Å². The Morgan fingerprint density at radius 2 is 2.12 bits per heavy atom. The first kappa shape index (κ1) is 12.8. The minimum atomic E-state index is -3.62. The second-order valence-electron chi connectivity index (χ2n) is 3.29. The van der Waals surface area contributed by atoms with Crippen LogP contribution in [-0.2, 0) is 14.8 Å². The highest BCUT2D eigenvalue weighted by Gasteiger charge is 2.12. The van der Waals surface area contributed by atoms with Crippen molar-refractivity contribution in [3.8, 4) is 11.8 Å². The Balaban J connectivity index is 3.27. The number of ether oxygens (including phenoxy) is 1. The molecule has 0 fully saturated rings. The number of nitriles is 1. The van der Waals surface area contributed by atoms with Gasteiger partial charge in [-0.25, -0.2) is 8.42 Å². The normalized spacial score (nSPS) is 10.9. The smallest absolute Gasteiger partial charge is 0.236 e. The third kappa shape index (κ3) is 3.12. The topological polar surface area (TPSA) is 67.2 Å². The maximum absolute atomic E-state index is 10.9. The molecule has 0 aromatic heterocycles. The molecule has 0 unspecified atom stereocenters. The van der Waals surface area contributed by atoms with E-state index in [4.69, 9.17) is 20.7 Å². The molecule has 0 heterocycles. The summed E-state index contributed by atoms with van der Waals surface area (Å²) in [4.78, 5) is 0. The van der Waals surface area contributed by atoms with Gasteiger partial charge in [0.25, 0.3) is 0 Å². The molecule has 0 aliphatic heterocycles. The fourth-order valence-corrected chi connectivity index (χ4v) is 2.43. The van der Waals surface area contributed by atoms with Crippen LogP contribution in [0.4, 0.5) is 0 Å². The van der Waals surface area contributed by atoms with Gasteiger partial charge in [-0.05, 0) is 24.1 Å². The highest BCUT2D eigenvalue weighted by molar-refractivity contribution is 8.13. The lowest BCUT2D eigenvalue weighted by Crippen LogP contribution is -1.99. The number of nitrogens with zero attached hydrogens (tertiary/aromatic N) is 1. The molecule has 1 aromatic rings. The van der Waals surface area contributed by atoms with Gasteiger partial charge < -0.3 is 4.74 Å². The Bertz CT molecular complexity index is 546. The molecule has 0 bridgehead atoms. The predicted molar refractivity (Wildman–Crippen MR) is 60.9 cm³/mol. The number of hydrogen-bond acceptors (Lipinski definition) is 4. The van der Waals surface area contributed by atoms with E-state index in [1.165, 1.54) is 13.2 Å². The maximum atomic E-state index is 10.9. The van der Waals surface area contributed by atoms with Gasteiger partial charge in [0.2, 0.25) is 9.05 Å². The standard InChI is InChI=1S/C10H10ClNO3S/c1-7-3-8(6-16(11,13)14)4-9(5-12)10(7)15-2/h3-4H,6H2,1-2H3. The zero-order chi connectivity index (χ0) is 12.3. The third-order valence-corrected chi connectivity index (χ3v) is 3.00. The highest BCUT2D eigenvalue weighted by Crippen LogP contribution is 2.25. The van der Waals surface area contributed by atoms with Crippen molar-refractivity contribution in [3.05, 3.63) is 28.8 Å². The number of benzene rings is 1. The lowest BCUT2D eigenvalue weighted by molar-refractivity contribution is 0.410. The second kappa shape index (κ2) is 4.73. The number of hydrogen-bond donors (Lipinski definition) is 0. The first-order valence-electron chi connectivity index (χ1n) is 4.37. The lowest BCUT2D eigenvalue weighted by atomic mass is 10.1. The zero-order valence-corrected chi connectivity index (χ0v) is 10.4. The summed E-state index contributed by atoms with van der Waals surface area (Å²) in [6, 6.07) is 5.05. The number of aryl methyl sites for hydroxylation is 1. The van der Waals surface area contributed by atoms with Crippen molar-refractivity contribution in [1.29, 1.82) is 5.26 Å². The fourth-order valence-electron chi connectivity index (χ4n) is 1.49. The molecule has 0 atom stereocenters. The molecule has 86 valence electrons. The molecular formula is C10H10ClNO3S. The van der Waals surface area contributed by atoms with Gasteiger partial charge in [-0.1, -0.05) is 6.07 Å². The van der Waals surface area contributed by atoms with Crippen LogP contribution in [0.2, 0.25) is 0 Å². The van der Waals surface area contributed by atoms with Crippen LogP contribution in [0.1, 0.15) is 16.7 Å². The minimum Gasteiger partial charge on any atom is -0.495 e. The SMILES string of the molecule is COc1c(C)cc(CS(=O)(=O)Cl)cc1C#N. The van der Waals surface area contributed by atoms with Gasteiger partial charge in [0.1, 0.15) is 11.8 Å². The number of rotatable bonds is 3. The Morgan fingerprint density at radius 1 is 1.50 bits per heavy atom. The fraction of sp³-hybridized carbons (Fsp3) is 0.300. The molecule has 6 heteroatoms. The van der Waals surface area contributed by atoms with E-state index in [0.29, 0.717) is 22.4 Å². The third-order valence-electron chi connectivity index (χ3n) is 2.00. The zero-order valence-electron chi connectivity index (χ0n) is 8.82. The van der Waals surface area contributed by atoms with Crippen molar-refractivity contribution in [2.45, 2.75) is 12.7 Å². The van der Waals surface area contributed by atoms with Gasteiger partial charge in [-0.3, -0.25) is 0 Å². The Labute approximate surface area is 98.8 Å². The first-order chi connectivity index (χ1) is 7.37. The lowest BCUT2D eigenvalue weighted by Gasteiger charge is -2.08. The first-order valence-corrected chi connectivity index (χ1v) is 6.85. The largest absolute Gasteiger partial charge is 0.495 e. The van der Waals surface area contributed by atoms with Crippen LogP contribution in [-0.4, -0.2) is 15.5 Å². The van der Waals surface area contributed by atoms with Gasteiger partial charge in [-0.2, -0.15) is 5.26 Å². The minimum absolute atomic E-state index is 0.298. The van der Waals surface area contributed by atoms with E-state index in [1.807, 2.05) is 6.07 Å². The average molecular weight is 260 g/mol.